The van der Waals surface area contributed by atoms with E-state index in [0.717, 1.165) is 31.0 Å². The van der Waals surface area contributed by atoms with Crippen molar-refractivity contribution in [3.63, 3.8) is 0 Å². The smallest absolute Gasteiger partial charge is 0.227 e. The Morgan fingerprint density at radius 3 is 2.71 bits per heavy atom. The van der Waals surface area contributed by atoms with Gasteiger partial charge in [0, 0.05) is 13.0 Å². The molecular formula is C11H16ClN3O2. The first-order valence-corrected chi connectivity index (χ1v) is 5.29. The fraction of sp³-hybridized carbons (Fsp3) is 0.455. The first-order chi connectivity index (χ1) is 7.74. The minimum Gasteiger partial charge on any atom is -0.465 e. The van der Waals surface area contributed by atoms with Crippen molar-refractivity contribution in [2.75, 3.05) is 6.54 Å². The Morgan fingerprint density at radius 2 is 2.12 bits per heavy atom. The molecule has 0 radical (unpaired) electrons. The van der Waals surface area contributed by atoms with E-state index in [4.69, 9.17) is 8.94 Å². The highest BCUT2D eigenvalue weighted by Crippen LogP contribution is 2.05. The molecule has 0 fully saturated rings. The summed E-state index contributed by atoms with van der Waals surface area (Å²) in [6, 6.07) is 3.93. The van der Waals surface area contributed by atoms with Gasteiger partial charge in [-0.15, -0.1) is 12.4 Å². The summed E-state index contributed by atoms with van der Waals surface area (Å²) in [5, 5.41) is 6.98. The lowest BCUT2D eigenvalue weighted by molar-refractivity contribution is 0.370. The molecule has 2 heterocycles. The van der Waals surface area contributed by atoms with E-state index in [9.17, 15) is 0 Å². The molecule has 0 unspecified atom stereocenters. The molecule has 0 aliphatic heterocycles. The van der Waals surface area contributed by atoms with Crippen LogP contribution in [0.2, 0.25) is 0 Å². The molecule has 1 N–H and O–H groups in total. The number of aryl methyl sites for hydroxylation is 2. The Hall–Kier alpha value is -1.33. The number of aromatic nitrogens is 2. The van der Waals surface area contributed by atoms with Gasteiger partial charge in [0.15, 0.2) is 5.82 Å². The largest absolute Gasteiger partial charge is 0.465 e. The van der Waals surface area contributed by atoms with Crippen LogP contribution in [0.3, 0.4) is 0 Å². The van der Waals surface area contributed by atoms with E-state index in [1.54, 1.807) is 0 Å². The SMILES string of the molecule is Cc1noc(CCNCc2ccc(C)o2)n1.Cl. The molecule has 17 heavy (non-hydrogen) atoms. The average molecular weight is 258 g/mol. The third-order valence-electron chi connectivity index (χ3n) is 2.18. The van der Waals surface area contributed by atoms with Gasteiger partial charge < -0.3 is 14.3 Å². The van der Waals surface area contributed by atoms with Crippen LogP contribution in [-0.2, 0) is 13.0 Å². The Balaban J connectivity index is 0.00000144. The van der Waals surface area contributed by atoms with Crippen molar-refractivity contribution in [1.82, 2.24) is 15.5 Å². The molecule has 0 saturated heterocycles. The molecule has 2 aromatic heterocycles. The van der Waals surface area contributed by atoms with E-state index in [-0.39, 0.29) is 12.4 Å². The van der Waals surface area contributed by atoms with Gasteiger partial charge in [-0.2, -0.15) is 4.98 Å². The minimum atomic E-state index is 0. The van der Waals surface area contributed by atoms with Crippen molar-refractivity contribution in [3.05, 3.63) is 35.4 Å². The van der Waals surface area contributed by atoms with Crippen LogP contribution >= 0.6 is 12.4 Å². The number of furan rings is 1. The summed E-state index contributed by atoms with van der Waals surface area (Å²) in [5.74, 6) is 3.22. The number of hydrogen-bond acceptors (Lipinski definition) is 5. The topological polar surface area (TPSA) is 64.1 Å². The van der Waals surface area contributed by atoms with Crippen LogP contribution < -0.4 is 5.32 Å². The zero-order chi connectivity index (χ0) is 11.4. The van der Waals surface area contributed by atoms with Crippen molar-refractivity contribution in [1.29, 1.82) is 0 Å². The number of nitrogens with one attached hydrogen (secondary N) is 1. The molecule has 0 aliphatic rings. The van der Waals surface area contributed by atoms with Gasteiger partial charge in [0.1, 0.15) is 11.5 Å². The van der Waals surface area contributed by atoms with Crippen LogP contribution in [0.4, 0.5) is 0 Å². The lowest BCUT2D eigenvalue weighted by atomic mass is 10.4. The predicted octanol–water partition coefficient (Wildman–Crippen LogP) is 2.03. The number of nitrogens with zero attached hydrogens (tertiary/aromatic N) is 2. The minimum absolute atomic E-state index is 0. The fourth-order valence-corrected chi connectivity index (χ4v) is 1.43. The van der Waals surface area contributed by atoms with E-state index < -0.39 is 0 Å². The van der Waals surface area contributed by atoms with Crippen LogP contribution in [0.5, 0.6) is 0 Å². The van der Waals surface area contributed by atoms with Crippen LogP contribution in [0.25, 0.3) is 0 Å². The monoisotopic (exact) mass is 257 g/mol. The summed E-state index contributed by atoms with van der Waals surface area (Å²) < 4.78 is 10.4. The maximum absolute atomic E-state index is 5.43. The van der Waals surface area contributed by atoms with Crippen LogP contribution in [0.1, 0.15) is 23.2 Å². The van der Waals surface area contributed by atoms with Gasteiger partial charge in [-0.3, -0.25) is 0 Å². The van der Waals surface area contributed by atoms with Gasteiger partial charge in [-0.05, 0) is 26.0 Å². The molecule has 0 aliphatic carbocycles. The van der Waals surface area contributed by atoms with Crippen LogP contribution in [0, 0.1) is 13.8 Å². The van der Waals surface area contributed by atoms with Gasteiger partial charge in [-0.25, -0.2) is 0 Å². The maximum Gasteiger partial charge on any atom is 0.227 e. The summed E-state index contributed by atoms with van der Waals surface area (Å²) in [6.07, 6.45) is 0.737. The molecular weight excluding hydrogens is 242 g/mol. The van der Waals surface area contributed by atoms with Crippen molar-refractivity contribution in [2.45, 2.75) is 26.8 Å². The van der Waals surface area contributed by atoms with Gasteiger partial charge in [0.05, 0.1) is 6.54 Å². The highest BCUT2D eigenvalue weighted by atomic mass is 35.5. The molecule has 0 saturated carbocycles. The van der Waals surface area contributed by atoms with E-state index in [1.807, 2.05) is 26.0 Å². The number of hydrogen-bond donors (Lipinski definition) is 1. The van der Waals surface area contributed by atoms with Crippen molar-refractivity contribution >= 4 is 12.4 Å². The molecule has 6 heteroatoms. The second-order valence-electron chi connectivity index (χ2n) is 3.67. The Kier molecular flexibility index (Phi) is 5.18. The molecule has 0 spiro atoms. The lowest BCUT2D eigenvalue weighted by Crippen LogP contribution is -2.16. The van der Waals surface area contributed by atoms with E-state index in [2.05, 4.69) is 15.5 Å². The molecule has 0 amide bonds. The Morgan fingerprint density at radius 1 is 1.29 bits per heavy atom. The quantitative estimate of drug-likeness (QED) is 0.831. The van der Waals surface area contributed by atoms with E-state index >= 15 is 0 Å². The van der Waals surface area contributed by atoms with Crippen LogP contribution in [0.15, 0.2) is 21.1 Å². The van der Waals surface area contributed by atoms with Crippen molar-refractivity contribution in [2.24, 2.45) is 0 Å². The summed E-state index contributed by atoms with van der Waals surface area (Å²) in [4.78, 5) is 4.12. The molecule has 0 atom stereocenters. The zero-order valence-electron chi connectivity index (χ0n) is 9.90. The number of rotatable bonds is 5. The Labute approximate surface area is 106 Å². The third-order valence-corrected chi connectivity index (χ3v) is 2.18. The maximum atomic E-state index is 5.43. The second-order valence-corrected chi connectivity index (χ2v) is 3.67. The summed E-state index contributed by atoms with van der Waals surface area (Å²) in [5.41, 5.74) is 0. The Bertz CT molecular complexity index is 411. The lowest BCUT2D eigenvalue weighted by Gasteiger charge is -1.99. The van der Waals surface area contributed by atoms with Gasteiger partial charge in [-0.1, -0.05) is 5.16 Å². The molecule has 0 aromatic carbocycles. The standard InChI is InChI=1S/C11H15N3O2.ClH/c1-8-3-4-10(15-8)7-12-6-5-11-13-9(2)14-16-11;/h3-4,12H,5-7H2,1-2H3;1H. The van der Waals surface area contributed by atoms with E-state index in [1.165, 1.54) is 0 Å². The van der Waals surface area contributed by atoms with Crippen LogP contribution in [-0.4, -0.2) is 16.7 Å². The molecule has 5 nitrogen and oxygen atoms in total. The van der Waals surface area contributed by atoms with Crippen molar-refractivity contribution in [3.8, 4) is 0 Å². The molecule has 2 aromatic rings. The summed E-state index contributed by atoms with van der Waals surface area (Å²) >= 11 is 0. The number of halogens is 1. The third kappa shape index (κ3) is 4.20. The molecule has 0 bridgehead atoms. The fourth-order valence-electron chi connectivity index (χ4n) is 1.43. The highest BCUT2D eigenvalue weighted by Gasteiger charge is 2.02. The molecule has 2 rings (SSSR count). The van der Waals surface area contributed by atoms with E-state index in [0.29, 0.717) is 11.7 Å². The van der Waals surface area contributed by atoms with Gasteiger partial charge >= 0.3 is 0 Å². The van der Waals surface area contributed by atoms with Gasteiger partial charge in [0.25, 0.3) is 0 Å². The predicted molar refractivity (Wildman–Crippen MR) is 65.1 cm³/mol. The summed E-state index contributed by atoms with van der Waals surface area (Å²) in [7, 11) is 0. The van der Waals surface area contributed by atoms with Crippen molar-refractivity contribution < 1.29 is 8.94 Å². The highest BCUT2D eigenvalue weighted by molar-refractivity contribution is 5.85. The zero-order valence-corrected chi connectivity index (χ0v) is 10.7. The second kappa shape index (κ2) is 6.42. The first-order valence-electron chi connectivity index (χ1n) is 5.29. The average Bonchev–Trinajstić information content (AvgIpc) is 2.83. The molecule has 94 valence electrons. The normalized spacial score (nSPS) is 10.2. The van der Waals surface area contributed by atoms with Gasteiger partial charge in [0.2, 0.25) is 5.89 Å². The summed E-state index contributed by atoms with van der Waals surface area (Å²) in [6.45, 7) is 5.26. The first kappa shape index (κ1) is 13.7.